The van der Waals surface area contributed by atoms with E-state index in [1.807, 2.05) is 18.5 Å². The van der Waals surface area contributed by atoms with Crippen molar-refractivity contribution in [3.63, 3.8) is 0 Å². The maximum Gasteiger partial charge on any atom is 0.213 e. The summed E-state index contributed by atoms with van der Waals surface area (Å²) in [4.78, 5) is 17.0. The van der Waals surface area contributed by atoms with E-state index < -0.39 is 0 Å². The molecule has 0 aromatic carbocycles. The Labute approximate surface area is 108 Å². The Kier molecular flexibility index (Phi) is 4.83. The van der Waals surface area contributed by atoms with Crippen LogP contribution < -0.4 is 11.1 Å². The maximum absolute atomic E-state index is 9.50. The SMILES string of the molecule is CC1(C)CC1c1cccnc1.CN=C(N)NC=O. The van der Waals surface area contributed by atoms with E-state index in [-0.39, 0.29) is 5.96 Å². The molecule has 0 spiro atoms. The van der Waals surface area contributed by atoms with Gasteiger partial charge in [-0.25, -0.2) is 0 Å². The number of aliphatic imine (C=N–C) groups is 1. The summed E-state index contributed by atoms with van der Waals surface area (Å²) in [5.74, 6) is 0.895. The van der Waals surface area contributed by atoms with Crippen molar-refractivity contribution in [1.82, 2.24) is 10.3 Å². The van der Waals surface area contributed by atoms with E-state index in [4.69, 9.17) is 5.73 Å². The van der Waals surface area contributed by atoms with E-state index in [1.165, 1.54) is 19.0 Å². The van der Waals surface area contributed by atoms with Crippen LogP contribution in [0.4, 0.5) is 0 Å². The number of nitrogens with one attached hydrogen (secondary N) is 1. The molecule has 2 rings (SSSR count). The van der Waals surface area contributed by atoms with E-state index in [9.17, 15) is 4.79 Å². The number of amides is 1. The second-order valence-corrected chi connectivity index (χ2v) is 4.90. The second kappa shape index (κ2) is 6.14. The average molecular weight is 248 g/mol. The fourth-order valence-electron chi connectivity index (χ4n) is 1.74. The first-order valence-electron chi connectivity index (χ1n) is 5.83. The minimum atomic E-state index is 0.134. The number of guanidine groups is 1. The number of carbonyl (C=O) groups excluding carboxylic acids is 1. The minimum Gasteiger partial charge on any atom is -0.370 e. The number of nitrogens with zero attached hydrogens (tertiary/aromatic N) is 2. The first kappa shape index (κ1) is 14.2. The van der Waals surface area contributed by atoms with Gasteiger partial charge in [0, 0.05) is 19.4 Å². The molecule has 18 heavy (non-hydrogen) atoms. The molecule has 0 aliphatic heterocycles. The molecule has 98 valence electrons. The number of rotatable bonds is 2. The van der Waals surface area contributed by atoms with Gasteiger partial charge in [-0.2, -0.15) is 0 Å². The van der Waals surface area contributed by atoms with Crippen molar-refractivity contribution in [1.29, 1.82) is 0 Å². The lowest BCUT2D eigenvalue weighted by Gasteiger charge is -2.01. The fourth-order valence-corrected chi connectivity index (χ4v) is 1.74. The summed E-state index contributed by atoms with van der Waals surface area (Å²) in [5, 5.41) is 2.14. The van der Waals surface area contributed by atoms with Crippen molar-refractivity contribution in [3.8, 4) is 0 Å². The fraction of sp³-hybridized carbons (Fsp3) is 0.462. The molecule has 0 bridgehead atoms. The Morgan fingerprint density at radius 1 is 1.67 bits per heavy atom. The van der Waals surface area contributed by atoms with Crippen LogP contribution in [-0.2, 0) is 4.79 Å². The highest BCUT2D eigenvalue weighted by Crippen LogP contribution is 2.58. The lowest BCUT2D eigenvalue weighted by molar-refractivity contribution is -0.108. The molecule has 5 heteroatoms. The number of pyridine rings is 1. The van der Waals surface area contributed by atoms with Crippen molar-refractivity contribution in [2.24, 2.45) is 16.1 Å². The van der Waals surface area contributed by atoms with E-state index in [2.05, 4.69) is 35.2 Å². The Balaban J connectivity index is 0.000000203. The lowest BCUT2D eigenvalue weighted by atomic mass is 10.1. The Morgan fingerprint density at radius 2 is 2.33 bits per heavy atom. The predicted molar refractivity (Wildman–Crippen MR) is 72.1 cm³/mol. The van der Waals surface area contributed by atoms with Gasteiger partial charge in [-0.1, -0.05) is 19.9 Å². The van der Waals surface area contributed by atoms with Gasteiger partial charge in [-0.05, 0) is 29.4 Å². The van der Waals surface area contributed by atoms with Crippen LogP contribution >= 0.6 is 0 Å². The summed E-state index contributed by atoms with van der Waals surface area (Å²) < 4.78 is 0. The average Bonchev–Trinajstić information content (AvgIpc) is 3.01. The first-order valence-corrected chi connectivity index (χ1v) is 5.83. The van der Waals surface area contributed by atoms with Crippen molar-refractivity contribution < 1.29 is 4.79 Å². The van der Waals surface area contributed by atoms with E-state index in [1.54, 1.807) is 0 Å². The van der Waals surface area contributed by atoms with Gasteiger partial charge in [0.25, 0.3) is 0 Å². The molecule has 1 aromatic rings. The highest BCUT2D eigenvalue weighted by atomic mass is 16.1. The van der Waals surface area contributed by atoms with E-state index >= 15 is 0 Å². The molecule has 0 radical (unpaired) electrons. The molecular weight excluding hydrogens is 228 g/mol. The smallest absolute Gasteiger partial charge is 0.213 e. The third-order valence-electron chi connectivity index (χ3n) is 3.05. The van der Waals surface area contributed by atoms with Crippen LogP contribution in [0.3, 0.4) is 0 Å². The van der Waals surface area contributed by atoms with Crippen LogP contribution in [0.1, 0.15) is 31.7 Å². The summed E-state index contributed by atoms with van der Waals surface area (Å²) in [7, 11) is 1.49. The van der Waals surface area contributed by atoms with Gasteiger partial charge in [0.1, 0.15) is 0 Å². The topological polar surface area (TPSA) is 80.4 Å². The van der Waals surface area contributed by atoms with Gasteiger partial charge in [-0.3, -0.25) is 20.1 Å². The van der Waals surface area contributed by atoms with Gasteiger partial charge in [-0.15, -0.1) is 0 Å². The molecule has 1 saturated carbocycles. The van der Waals surface area contributed by atoms with E-state index in [0.29, 0.717) is 11.8 Å². The zero-order valence-corrected chi connectivity index (χ0v) is 11.1. The van der Waals surface area contributed by atoms with Gasteiger partial charge in [0.05, 0.1) is 0 Å². The monoisotopic (exact) mass is 248 g/mol. The zero-order chi connectivity index (χ0) is 13.6. The van der Waals surface area contributed by atoms with Crippen LogP contribution in [0.5, 0.6) is 0 Å². The Hall–Kier alpha value is -1.91. The van der Waals surface area contributed by atoms with Gasteiger partial charge < -0.3 is 5.73 Å². The molecule has 1 heterocycles. The highest BCUT2D eigenvalue weighted by molar-refractivity contribution is 5.86. The third kappa shape index (κ3) is 4.16. The largest absolute Gasteiger partial charge is 0.370 e. The molecule has 1 fully saturated rings. The van der Waals surface area contributed by atoms with Crippen molar-refractivity contribution in [2.45, 2.75) is 26.2 Å². The molecule has 1 aromatic heterocycles. The zero-order valence-electron chi connectivity index (χ0n) is 11.1. The van der Waals surface area contributed by atoms with Crippen LogP contribution in [0.2, 0.25) is 0 Å². The summed E-state index contributed by atoms with van der Waals surface area (Å²) >= 11 is 0. The van der Waals surface area contributed by atoms with Crippen molar-refractivity contribution >= 4 is 12.4 Å². The third-order valence-corrected chi connectivity index (χ3v) is 3.05. The van der Waals surface area contributed by atoms with Crippen LogP contribution in [-0.4, -0.2) is 24.4 Å². The summed E-state index contributed by atoms with van der Waals surface area (Å²) in [6.07, 6.45) is 5.61. The molecule has 1 atom stereocenters. The molecule has 1 unspecified atom stereocenters. The summed E-state index contributed by atoms with van der Waals surface area (Å²) in [6.45, 7) is 4.62. The summed E-state index contributed by atoms with van der Waals surface area (Å²) in [5.41, 5.74) is 6.92. The summed E-state index contributed by atoms with van der Waals surface area (Å²) in [6, 6.07) is 4.19. The number of hydrogen-bond donors (Lipinski definition) is 2. The van der Waals surface area contributed by atoms with Crippen LogP contribution in [0, 0.1) is 5.41 Å². The molecule has 1 aliphatic rings. The number of hydrogen-bond acceptors (Lipinski definition) is 3. The lowest BCUT2D eigenvalue weighted by Crippen LogP contribution is -2.29. The first-order chi connectivity index (χ1) is 8.51. The second-order valence-electron chi connectivity index (χ2n) is 4.90. The normalized spacial score (nSPS) is 20.4. The van der Waals surface area contributed by atoms with Crippen molar-refractivity contribution in [2.75, 3.05) is 7.05 Å². The van der Waals surface area contributed by atoms with Crippen LogP contribution in [0.15, 0.2) is 29.5 Å². The standard InChI is InChI=1S/C10H13N.C3H7N3O/c1-10(2)6-9(10)8-4-3-5-11-7-8;1-5-3(4)6-2-7/h3-5,7,9H,6H2,1-2H3;2H,1H3,(H3,4,5,6,7). The van der Waals surface area contributed by atoms with Gasteiger partial charge in [0.15, 0.2) is 5.96 Å². The Morgan fingerprint density at radius 3 is 2.67 bits per heavy atom. The molecule has 5 nitrogen and oxygen atoms in total. The van der Waals surface area contributed by atoms with E-state index in [0.717, 1.165) is 5.92 Å². The Bertz CT molecular complexity index is 414. The number of nitrogens with two attached hydrogens (primary N) is 1. The van der Waals surface area contributed by atoms with Crippen molar-refractivity contribution in [3.05, 3.63) is 30.1 Å². The molecule has 0 saturated heterocycles. The van der Waals surface area contributed by atoms with Crippen LogP contribution in [0.25, 0.3) is 0 Å². The minimum absolute atomic E-state index is 0.134. The molecular formula is C13H20N4O. The number of carbonyl (C=O) groups is 1. The number of aromatic nitrogens is 1. The molecule has 1 aliphatic carbocycles. The quantitative estimate of drug-likeness (QED) is 0.470. The van der Waals surface area contributed by atoms with Gasteiger partial charge >= 0.3 is 0 Å². The maximum atomic E-state index is 9.50. The molecule has 3 N–H and O–H groups in total. The predicted octanol–water partition coefficient (Wildman–Crippen LogP) is 1.27. The molecule has 1 amide bonds. The highest BCUT2D eigenvalue weighted by Gasteiger charge is 2.46. The van der Waals surface area contributed by atoms with Gasteiger partial charge in [0.2, 0.25) is 6.41 Å².